The lowest BCUT2D eigenvalue weighted by Gasteiger charge is -2.22. The van der Waals surface area contributed by atoms with Crippen molar-refractivity contribution in [2.75, 3.05) is 26.2 Å². The van der Waals surface area contributed by atoms with E-state index in [0.29, 0.717) is 6.54 Å². The average molecular weight is 242 g/mol. The Hall–Kier alpha value is -1.63. The molecule has 1 rings (SSSR count). The molecule has 0 spiro atoms. The van der Waals surface area contributed by atoms with Crippen LogP contribution in [0.5, 0.6) is 0 Å². The molecule has 0 aromatic carbocycles. The van der Waals surface area contributed by atoms with Gasteiger partial charge in [-0.1, -0.05) is 6.92 Å². The van der Waals surface area contributed by atoms with E-state index in [1.807, 2.05) is 6.92 Å². The minimum atomic E-state index is -0.466. The Balaban J connectivity index is 2.20. The molecule has 1 aliphatic heterocycles. The molecular weight excluding hydrogens is 224 g/mol. The molecule has 0 aliphatic carbocycles. The third-order valence-corrected chi connectivity index (χ3v) is 2.32. The van der Waals surface area contributed by atoms with Crippen LogP contribution in [0.1, 0.15) is 13.3 Å². The summed E-state index contributed by atoms with van der Waals surface area (Å²) in [6.45, 7) is 2.90. The second-order valence-corrected chi connectivity index (χ2v) is 3.81. The maximum Gasteiger partial charge on any atom is 0.239 e. The van der Waals surface area contributed by atoms with Gasteiger partial charge in [0.2, 0.25) is 17.7 Å². The monoisotopic (exact) mass is 242 g/mol. The molecule has 7 nitrogen and oxygen atoms in total. The van der Waals surface area contributed by atoms with Crippen LogP contribution in [0.3, 0.4) is 0 Å². The first-order valence-electron chi connectivity index (χ1n) is 5.68. The Kier molecular flexibility index (Phi) is 5.41. The van der Waals surface area contributed by atoms with Gasteiger partial charge in [-0.3, -0.25) is 19.7 Å². The minimum Gasteiger partial charge on any atom is -0.355 e. The van der Waals surface area contributed by atoms with Gasteiger partial charge in [-0.2, -0.15) is 0 Å². The topological polar surface area (TPSA) is 99.3 Å². The van der Waals surface area contributed by atoms with Crippen molar-refractivity contribution in [3.8, 4) is 0 Å². The smallest absolute Gasteiger partial charge is 0.239 e. The first-order chi connectivity index (χ1) is 8.13. The number of hydrogen-bond donors (Lipinski definition) is 4. The average Bonchev–Trinajstić information content (AvgIpc) is 2.34. The molecule has 1 fully saturated rings. The first-order valence-corrected chi connectivity index (χ1v) is 5.68. The van der Waals surface area contributed by atoms with Crippen LogP contribution in [0.25, 0.3) is 0 Å². The molecule has 3 amide bonds. The summed E-state index contributed by atoms with van der Waals surface area (Å²) in [6.07, 6.45) is 0.857. The second-order valence-electron chi connectivity index (χ2n) is 3.81. The molecule has 7 heteroatoms. The fourth-order valence-corrected chi connectivity index (χ4v) is 1.37. The third kappa shape index (κ3) is 4.81. The molecule has 0 bridgehead atoms. The van der Waals surface area contributed by atoms with E-state index in [1.54, 1.807) is 0 Å². The molecule has 0 radical (unpaired) electrons. The van der Waals surface area contributed by atoms with Crippen LogP contribution >= 0.6 is 0 Å². The largest absolute Gasteiger partial charge is 0.355 e. The Morgan fingerprint density at radius 2 is 2.18 bits per heavy atom. The standard InChI is InChI=1S/C10H18N4O3/c1-2-3-11-8(15)6-14-10(17)7-4-13-9(16)5-12-7/h7,12H,2-6H2,1H3,(H,11,15)(H,13,16)(H,14,17). The summed E-state index contributed by atoms with van der Waals surface area (Å²) in [5, 5.41) is 10.5. The van der Waals surface area contributed by atoms with Crippen LogP contribution in [-0.2, 0) is 14.4 Å². The Bertz CT molecular complexity index is 296. The van der Waals surface area contributed by atoms with Gasteiger partial charge in [-0.15, -0.1) is 0 Å². The quantitative estimate of drug-likeness (QED) is 0.436. The molecule has 96 valence electrons. The van der Waals surface area contributed by atoms with Gasteiger partial charge < -0.3 is 16.0 Å². The van der Waals surface area contributed by atoms with Gasteiger partial charge in [-0.05, 0) is 6.42 Å². The Labute approximate surface area is 99.7 Å². The predicted octanol–water partition coefficient (Wildman–Crippen LogP) is -2.28. The molecule has 1 heterocycles. The van der Waals surface area contributed by atoms with Crippen LogP contribution in [0.4, 0.5) is 0 Å². The van der Waals surface area contributed by atoms with E-state index in [0.717, 1.165) is 6.42 Å². The fraction of sp³-hybridized carbons (Fsp3) is 0.700. The van der Waals surface area contributed by atoms with Crippen LogP contribution in [-0.4, -0.2) is 49.9 Å². The van der Waals surface area contributed by atoms with E-state index in [9.17, 15) is 14.4 Å². The number of amides is 3. The highest BCUT2D eigenvalue weighted by atomic mass is 16.2. The number of nitrogens with one attached hydrogen (secondary N) is 4. The Morgan fingerprint density at radius 3 is 2.76 bits per heavy atom. The zero-order valence-electron chi connectivity index (χ0n) is 9.84. The lowest BCUT2D eigenvalue weighted by molar-refractivity contribution is -0.129. The van der Waals surface area contributed by atoms with Crippen molar-refractivity contribution in [1.29, 1.82) is 0 Å². The van der Waals surface area contributed by atoms with Gasteiger partial charge in [0, 0.05) is 13.1 Å². The molecule has 1 saturated heterocycles. The molecule has 1 unspecified atom stereocenters. The molecule has 4 N–H and O–H groups in total. The van der Waals surface area contributed by atoms with Gasteiger partial charge in [0.15, 0.2) is 0 Å². The summed E-state index contributed by atoms with van der Waals surface area (Å²) in [4.78, 5) is 33.6. The number of hydrogen-bond acceptors (Lipinski definition) is 4. The molecule has 1 aliphatic rings. The molecule has 0 aromatic rings. The van der Waals surface area contributed by atoms with E-state index in [2.05, 4.69) is 21.3 Å². The van der Waals surface area contributed by atoms with Crippen LogP contribution in [0.15, 0.2) is 0 Å². The van der Waals surface area contributed by atoms with Crippen molar-refractivity contribution in [1.82, 2.24) is 21.3 Å². The highest BCUT2D eigenvalue weighted by Crippen LogP contribution is 1.88. The summed E-state index contributed by atoms with van der Waals surface area (Å²) in [7, 11) is 0. The van der Waals surface area contributed by atoms with Gasteiger partial charge in [0.25, 0.3) is 0 Å². The fourth-order valence-electron chi connectivity index (χ4n) is 1.37. The number of carbonyl (C=O) groups is 3. The van der Waals surface area contributed by atoms with E-state index in [-0.39, 0.29) is 37.4 Å². The predicted molar refractivity (Wildman–Crippen MR) is 61.1 cm³/mol. The minimum absolute atomic E-state index is 0.0367. The van der Waals surface area contributed by atoms with Crippen molar-refractivity contribution in [3.63, 3.8) is 0 Å². The third-order valence-electron chi connectivity index (χ3n) is 2.32. The number of rotatable bonds is 5. The van der Waals surface area contributed by atoms with Gasteiger partial charge in [-0.25, -0.2) is 0 Å². The van der Waals surface area contributed by atoms with Crippen LogP contribution in [0, 0.1) is 0 Å². The van der Waals surface area contributed by atoms with Crippen molar-refractivity contribution >= 4 is 17.7 Å². The summed E-state index contributed by atoms with van der Waals surface area (Å²) in [5.74, 6) is -0.619. The van der Waals surface area contributed by atoms with E-state index in [4.69, 9.17) is 0 Å². The molecule has 0 saturated carbocycles. The lowest BCUT2D eigenvalue weighted by Crippen LogP contribution is -2.58. The van der Waals surface area contributed by atoms with E-state index >= 15 is 0 Å². The maximum absolute atomic E-state index is 11.6. The zero-order chi connectivity index (χ0) is 12.7. The van der Waals surface area contributed by atoms with Gasteiger partial charge in [0.05, 0.1) is 13.1 Å². The van der Waals surface area contributed by atoms with Crippen molar-refractivity contribution in [2.45, 2.75) is 19.4 Å². The highest BCUT2D eigenvalue weighted by Gasteiger charge is 2.23. The zero-order valence-corrected chi connectivity index (χ0v) is 9.84. The molecule has 1 atom stereocenters. The molecule has 17 heavy (non-hydrogen) atoms. The second kappa shape index (κ2) is 6.85. The summed E-state index contributed by atoms with van der Waals surface area (Å²) < 4.78 is 0. The molecular formula is C10H18N4O3. The van der Waals surface area contributed by atoms with Crippen molar-refractivity contribution in [2.24, 2.45) is 0 Å². The SMILES string of the molecule is CCCNC(=O)CNC(=O)C1CNC(=O)CN1. The molecule has 0 aromatic heterocycles. The van der Waals surface area contributed by atoms with Crippen LogP contribution in [0.2, 0.25) is 0 Å². The van der Waals surface area contributed by atoms with Gasteiger partial charge in [0.1, 0.15) is 6.04 Å². The first kappa shape index (κ1) is 13.4. The van der Waals surface area contributed by atoms with E-state index < -0.39 is 6.04 Å². The van der Waals surface area contributed by atoms with Crippen molar-refractivity contribution in [3.05, 3.63) is 0 Å². The summed E-state index contributed by atoms with van der Waals surface area (Å²) >= 11 is 0. The van der Waals surface area contributed by atoms with Gasteiger partial charge >= 0.3 is 0 Å². The lowest BCUT2D eigenvalue weighted by atomic mass is 10.2. The number of piperazine rings is 1. The highest BCUT2D eigenvalue weighted by molar-refractivity contribution is 5.89. The van der Waals surface area contributed by atoms with Crippen LogP contribution < -0.4 is 21.3 Å². The summed E-state index contributed by atoms with van der Waals surface area (Å²) in [5.41, 5.74) is 0. The normalized spacial score (nSPS) is 19.4. The van der Waals surface area contributed by atoms with Crippen molar-refractivity contribution < 1.29 is 14.4 Å². The maximum atomic E-state index is 11.6. The summed E-state index contributed by atoms with van der Waals surface area (Å²) in [6, 6.07) is -0.466. The Morgan fingerprint density at radius 1 is 1.41 bits per heavy atom. The number of carbonyl (C=O) groups excluding carboxylic acids is 3. The van der Waals surface area contributed by atoms with E-state index in [1.165, 1.54) is 0 Å².